The summed E-state index contributed by atoms with van der Waals surface area (Å²) in [7, 11) is 0. The first kappa shape index (κ1) is 19.8. The highest BCUT2D eigenvalue weighted by atomic mass is 35.5. The third-order valence-electron chi connectivity index (χ3n) is 4.05. The van der Waals surface area contributed by atoms with Crippen molar-refractivity contribution in [3.05, 3.63) is 117 Å². The number of hydrogen-bond acceptors (Lipinski definition) is 2. The van der Waals surface area contributed by atoms with Crippen LogP contribution in [0.15, 0.2) is 84.9 Å². The molecule has 0 heterocycles. The summed E-state index contributed by atoms with van der Waals surface area (Å²) in [6.45, 7) is 0. The summed E-state index contributed by atoms with van der Waals surface area (Å²) in [5, 5.41) is 1.29. The van der Waals surface area contributed by atoms with E-state index in [-0.39, 0.29) is 11.6 Å². The molecular weight excluding hydrogens is 391 g/mol. The van der Waals surface area contributed by atoms with Crippen molar-refractivity contribution in [2.75, 3.05) is 0 Å². The van der Waals surface area contributed by atoms with Gasteiger partial charge < -0.3 is 0 Å². The lowest BCUT2D eigenvalue weighted by atomic mass is 10.0. The van der Waals surface area contributed by atoms with Crippen molar-refractivity contribution in [3.8, 4) is 0 Å². The van der Waals surface area contributed by atoms with Crippen LogP contribution in [0.1, 0.15) is 31.8 Å². The van der Waals surface area contributed by atoms with E-state index in [1.54, 1.807) is 60.7 Å². The molecule has 138 valence electrons. The van der Waals surface area contributed by atoms with Crippen LogP contribution in [0, 0.1) is 0 Å². The Balaban J connectivity index is 1.65. The molecule has 0 spiro atoms. The predicted molar refractivity (Wildman–Crippen MR) is 116 cm³/mol. The van der Waals surface area contributed by atoms with E-state index in [2.05, 4.69) is 0 Å². The molecule has 0 radical (unpaired) electrons. The molecule has 3 rings (SSSR count). The number of carbonyl (C=O) groups excluding carboxylic acids is 2. The molecule has 0 aliphatic carbocycles. The van der Waals surface area contributed by atoms with E-state index in [9.17, 15) is 9.59 Å². The lowest BCUT2D eigenvalue weighted by Crippen LogP contribution is -1.98. The monoisotopic (exact) mass is 406 g/mol. The van der Waals surface area contributed by atoms with Crippen molar-refractivity contribution in [2.24, 2.45) is 0 Å². The molecule has 0 bridgehead atoms. The SMILES string of the molecule is O=C(/C=C/c1ccc(Cl)cc1)c1ccc(C(=O)/C=C/c2ccc(Cl)cc2)cc1. The smallest absolute Gasteiger partial charge is 0.185 e. The normalized spacial score (nSPS) is 11.2. The second-order valence-electron chi connectivity index (χ2n) is 6.08. The van der Waals surface area contributed by atoms with Gasteiger partial charge in [-0.25, -0.2) is 0 Å². The zero-order chi connectivity index (χ0) is 19.9. The number of carbonyl (C=O) groups is 2. The van der Waals surface area contributed by atoms with Gasteiger partial charge in [-0.05, 0) is 47.5 Å². The number of rotatable bonds is 6. The topological polar surface area (TPSA) is 34.1 Å². The lowest BCUT2D eigenvalue weighted by molar-refractivity contribution is 0.103. The molecular formula is C24H16Cl2O2. The average molecular weight is 407 g/mol. The van der Waals surface area contributed by atoms with Crippen molar-refractivity contribution < 1.29 is 9.59 Å². The number of halogens is 2. The summed E-state index contributed by atoms with van der Waals surface area (Å²) in [6, 6.07) is 21.0. The Kier molecular flexibility index (Phi) is 6.59. The first-order valence-electron chi connectivity index (χ1n) is 8.57. The highest BCUT2D eigenvalue weighted by Crippen LogP contribution is 2.14. The molecule has 0 fully saturated rings. The third-order valence-corrected chi connectivity index (χ3v) is 4.55. The number of allylic oxidation sites excluding steroid dienone is 2. The quantitative estimate of drug-likeness (QED) is 0.333. The molecule has 3 aromatic rings. The van der Waals surface area contributed by atoms with E-state index in [4.69, 9.17) is 23.2 Å². The lowest BCUT2D eigenvalue weighted by Gasteiger charge is -2.00. The molecule has 0 unspecified atom stereocenters. The zero-order valence-corrected chi connectivity index (χ0v) is 16.3. The van der Waals surface area contributed by atoms with Crippen molar-refractivity contribution >= 4 is 46.9 Å². The molecule has 0 aliphatic rings. The Labute approximate surface area is 173 Å². The number of benzene rings is 3. The van der Waals surface area contributed by atoms with Gasteiger partial charge in [0.15, 0.2) is 11.6 Å². The highest BCUT2D eigenvalue weighted by Gasteiger charge is 2.05. The largest absolute Gasteiger partial charge is 0.289 e. The van der Waals surface area contributed by atoms with Crippen molar-refractivity contribution in [2.45, 2.75) is 0 Å². The van der Waals surface area contributed by atoms with E-state index in [1.165, 1.54) is 12.2 Å². The van der Waals surface area contributed by atoms with Gasteiger partial charge in [0.1, 0.15) is 0 Å². The maximum atomic E-state index is 12.3. The minimum Gasteiger partial charge on any atom is -0.289 e. The van der Waals surface area contributed by atoms with Crippen LogP contribution >= 0.6 is 23.2 Å². The molecule has 28 heavy (non-hydrogen) atoms. The Morgan fingerprint density at radius 3 is 1.18 bits per heavy atom. The molecule has 3 aromatic carbocycles. The summed E-state index contributed by atoms with van der Waals surface area (Å²) in [4.78, 5) is 24.6. The van der Waals surface area contributed by atoms with Gasteiger partial charge in [-0.3, -0.25) is 9.59 Å². The van der Waals surface area contributed by atoms with Crippen molar-refractivity contribution in [1.82, 2.24) is 0 Å². The Hall–Kier alpha value is -2.94. The van der Waals surface area contributed by atoms with E-state index in [0.717, 1.165) is 11.1 Å². The second kappa shape index (κ2) is 9.32. The van der Waals surface area contributed by atoms with Gasteiger partial charge in [-0.1, -0.05) is 83.9 Å². The fourth-order valence-electron chi connectivity index (χ4n) is 2.48. The Morgan fingerprint density at radius 1 is 0.536 bits per heavy atom. The summed E-state index contributed by atoms with van der Waals surface area (Å²) in [5.74, 6) is -0.267. The summed E-state index contributed by atoms with van der Waals surface area (Å²) < 4.78 is 0. The minimum atomic E-state index is -0.134. The average Bonchev–Trinajstić information content (AvgIpc) is 2.72. The van der Waals surface area contributed by atoms with Crippen LogP contribution in [0.3, 0.4) is 0 Å². The van der Waals surface area contributed by atoms with Gasteiger partial charge in [0, 0.05) is 21.2 Å². The zero-order valence-electron chi connectivity index (χ0n) is 14.8. The van der Waals surface area contributed by atoms with Crippen LogP contribution in [0.5, 0.6) is 0 Å². The Morgan fingerprint density at radius 2 is 0.857 bits per heavy atom. The number of ketones is 2. The molecule has 0 amide bonds. The molecule has 2 nitrogen and oxygen atoms in total. The van der Waals surface area contributed by atoms with Crippen LogP contribution in [-0.2, 0) is 0 Å². The molecule has 4 heteroatoms. The summed E-state index contributed by atoms with van der Waals surface area (Å²) in [6.07, 6.45) is 6.46. The first-order chi connectivity index (χ1) is 13.5. The van der Waals surface area contributed by atoms with Crippen LogP contribution in [0.2, 0.25) is 10.0 Å². The van der Waals surface area contributed by atoms with Gasteiger partial charge in [-0.15, -0.1) is 0 Å². The fourth-order valence-corrected chi connectivity index (χ4v) is 2.73. The van der Waals surface area contributed by atoms with Gasteiger partial charge >= 0.3 is 0 Å². The Bertz CT molecular complexity index is 943. The predicted octanol–water partition coefficient (Wildman–Crippen LogP) is 6.79. The molecule has 0 saturated carbocycles. The summed E-state index contributed by atoms with van der Waals surface area (Å²) >= 11 is 11.7. The molecule has 0 saturated heterocycles. The molecule has 0 atom stereocenters. The standard InChI is InChI=1S/C24H16Cl2O2/c25-21-11-1-17(2-12-21)5-15-23(27)19-7-9-20(10-8-19)24(28)16-6-18-3-13-22(26)14-4-18/h1-16H/b15-5+,16-6+. The third kappa shape index (κ3) is 5.53. The van der Waals surface area contributed by atoms with Crippen LogP contribution < -0.4 is 0 Å². The van der Waals surface area contributed by atoms with Crippen molar-refractivity contribution in [3.63, 3.8) is 0 Å². The van der Waals surface area contributed by atoms with E-state index >= 15 is 0 Å². The van der Waals surface area contributed by atoms with Gasteiger partial charge in [0.2, 0.25) is 0 Å². The number of hydrogen-bond donors (Lipinski definition) is 0. The first-order valence-corrected chi connectivity index (χ1v) is 9.33. The maximum Gasteiger partial charge on any atom is 0.185 e. The van der Waals surface area contributed by atoms with Crippen LogP contribution in [-0.4, -0.2) is 11.6 Å². The van der Waals surface area contributed by atoms with Crippen LogP contribution in [0.25, 0.3) is 12.2 Å². The van der Waals surface area contributed by atoms with Gasteiger partial charge in [0.25, 0.3) is 0 Å². The highest BCUT2D eigenvalue weighted by molar-refractivity contribution is 6.30. The van der Waals surface area contributed by atoms with Gasteiger partial charge in [0.05, 0.1) is 0 Å². The molecule has 0 aliphatic heterocycles. The van der Waals surface area contributed by atoms with Crippen molar-refractivity contribution in [1.29, 1.82) is 0 Å². The van der Waals surface area contributed by atoms with E-state index < -0.39 is 0 Å². The second-order valence-corrected chi connectivity index (χ2v) is 6.95. The van der Waals surface area contributed by atoms with E-state index in [0.29, 0.717) is 21.2 Å². The maximum absolute atomic E-state index is 12.3. The molecule has 0 N–H and O–H groups in total. The fraction of sp³-hybridized carbons (Fsp3) is 0. The van der Waals surface area contributed by atoms with Crippen LogP contribution in [0.4, 0.5) is 0 Å². The molecule has 0 aromatic heterocycles. The van der Waals surface area contributed by atoms with E-state index in [1.807, 2.05) is 24.3 Å². The van der Waals surface area contributed by atoms with Gasteiger partial charge in [-0.2, -0.15) is 0 Å². The summed E-state index contributed by atoms with van der Waals surface area (Å²) in [5.41, 5.74) is 2.81. The minimum absolute atomic E-state index is 0.134.